The summed E-state index contributed by atoms with van der Waals surface area (Å²) in [7, 11) is -2.03. The molecular weight excluding hydrogens is 338 g/mol. The van der Waals surface area contributed by atoms with Gasteiger partial charge in [-0.2, -0.15) is 5.10 Å². The summed E-state index contributed by atoms with van der Waals surface area (Å²) in [5.74, 6) is 1.75. The first-order chi connectivity index (χ1) is 12.1. The predicted octanol–water partition coefficient (Wildman–Crippen LogP) is 2.63. The van der Waals surface area contributed by atoms with Crippen molar-refractivity contribution in [2.24, 2.45) is 0 Å². The maximum Gasteiger partial charge on any atom is 0.240 e. The molecule has 0 bridgehead atoms. The molecule has 0 radical (unpaired) electrons. The number of nitrogens with one attached hydrogen (secondary N) is 1. The SMILES string of the molecule is COc1cccc(S(=O)(=O)NCCn2nc(C3CC3)cc2C2CC2)c1. The molecule has 0 unspecified atom stereocenters. The van der Waals surface area contributed by atoms with Crippen LogP contribution >= 0.6 is 0 Å². The third-order valence-electron chi connectivity index (χ3n) is 4.79. The minimum absolute atomic E-state index is 0.216. The Kier molecular flexibility index (Phi) is 4.29. The molecule has 1 aromatic carbocycles. The number of ether oxygens (including phenoxy) is 1. The van der Waals surface area contributed by atoms with E-state index in [0.29, 0.717) is 30.7 Å². The van der Waals surface area contributed by atoms with Crippen LogP contribution in [0.3, 0.4) is 0 Å². The Hall–Kier alpha value is -1.86. The van der Waals surface area contributed by atoms with Crippen molar-refractivity contribution in [2.45, 2.75) is 49.0 Å². The molecule has 2 fully saturated rings. The Labute approximate surface area is 148 Å². The molecule has 2 aliphatic carbocycles. The average Bonchev–Trinajstić information content (AvgIpc) is 3.53. The van der Waals surface area contributed by atoms with Crippen molar-refractivity contribution in [3.63, 3.8) is 0 Å². The van der Waals surface area contributed by atoms with E-state index < -0.39 is 10.0 Å². The van der Waals surface area contributed by atoms with E-state index in [0.717, 1.165) is 0 Å². The summed E-state index contributed by atoms with van der Waals surface area (Å²) in [5, 5.41) is 4.71. The van der Waals surface area contributed by atoms with Gasteiger partial charge >= 0.3 is 0 Å². The molecule has 4 rings (SSSR count). The normalized spacial score (nSPS) is 17.6. The minimum atomic E-state index is -3.55. The van der Waals surface area contributed by atoms with Gasteiger partial charge in [0.05, 0.1) is 24.2 Å². The van der Waals surface area contributed by atoms with Gasteiger partial charge in [-0.1, -0.05) is 6.07 Å². The highest BCUT2D eigenvalue weighted by Crippen LogP contribution is 2.44. The number of benzene rings is 1. The van der Waals surface area contributed by atoms with Crippen molar-refractivity contribution in [3.8, 4) is 5.75 Å². The lowest BCUT2D eigenvalue weighted by Gasteiger charge is -2.10. The van der Waals surface area contributed by atoms with Gasteiger partial charge in [0.25, 0.3) is 0 Å². The Balaban J connectivity index is 1.43. The monoisotopic (exact) mass is 361 g/mol. The lowest BCUT2D eigenvalue weighted by atomic mass is 10.2. The maximum absolute atomic E-state index is 12.4. The van der Waals surface area contributed by atoms with Crippen LogP contribution < -0.4 is 9.46 Å². The van der Waals surface area contributed by atoms with E-state index in [1.54, 1.807) is 18.2 Å². The largest absolute Gasteiger partial charge is 0.497 e. The molecule has 25 heavy (non-hydrogen) atoms. The smallest absolute Gasteiger partial charge is 0.240 e. The van der Waals surface area contributed by atoms with Gasteiger partial charge in [0.1, 0.15) is 5.75 Å². The number of rotatable bonds is 8. The second-order valence-corrected chi connectivity index (χ2v) is 8.61. The van der Waals surface area contributed by atoms with E-state index >= 15 is 0 Å². The van der Waals surface area contributed by atoms with Gasteiger partial charge in [0.2, 0.25) is 10.0 Å². The highest BCUT2D eigenvalue weighted by atomic mass is 32.2. The summed E-state index contributed by atoms with van der Waals surface area (Å²) in [6.45, 7) is 0.882. The van der Waals surface area contributed by atoms with Gasteiger partial charge in [-0.25, -0.2) is 13.1 Å². The molecule has 134 valence electrons. The number of aromatic nitrogens is 2. The zero-order valence-electron chi connectivity index (χ0n) is 14.3. The second kappa shape index (κ2) is 6.46. The van der Waals surface area contributed by atoms with E-state index in [1.807, 2.05) is 4.68 Å². The molecule has 0 spiro atoms. The van der Waals surface area contributed by atoms with Crippen molar-refractivity contribution in [2.75, 3.05) is 13.7 Å². The first-order valence-electron chi connectivity index (χ1n) is 8.78. The summed E-state index contributed by atoms with van der Waals surface area (Å²) in [5.41, 5.74) is 2.44. The molecule has 6 nitrogen and oxygen atoms in total. The maximum atomic E-state index is 12.4. The quantitative estimate of drug-likeness (QED) is 0.784. The number of sulfonamides is 1. The Morgan fingerprint density at radius 3 is 2.64 bits per heavy atom. The van der Waals surface area contributed by atoms with E-state index in [-0.39, 0.29) is 4.90 Å². The van der Waals surface area contributed by atoms with Gasteiger partial charge < -0.3 is 4.74 Å². The van der Waals surface area contributed by atoms with Crippen LogP contribution in [0.25, 0.3) is 0 Å². The van der Waals surface area contributed by atoms with Crippen LogP contribution in [0, 0.1) is 0 Å². The standard InChI is InChI=1S/C18H23N3O3S/c1-24-15-3-2-4-16(11-15)25(22,23)19-9-10-21-18(14-7-8-14)12-17(20-21)13-5-6-13/h2-4,11-14,19H,5-10H2,1H3. The highest BCUT2D eigenvalue weighted by Gasteiger charge is 2.32. The molecular formula is C18H23N3O3S. The fourth-order valence-corrected chi connectivity index (χ4v) is 4.11. The van der Waals surface area contributed by atoms with Gasteiger partial charge in [0.15, 0.2) is 0 Å². The Morgan fingerprint density at radius 1 is 1.20 bits per heavy atom. The van der Waals surface area contributed by atoms with Gasteiger partial charge in [-0.05, 0) is 43.9 Å². The summed E-state index contributed by atoms with van der Waals surface area (Å²) in [6, 6.07) is 8.72. The molecule has 1 N–H and O–H groups in total. The number of hydrogen-bond acceptors (Lipinski definition) is 4. The first-order valence-corrected chi connectivity index (χ1v) is 10.3. The molecule has 2 aromatic rings. The van der Waals surface area contributed by atoms with Gasteiger partial charge in [0, 0.05) is 30.1 Å². The van der Waals surface area contributed by atoms with Gasteiger partial charge in [-0.3, -0.25) is 4.68 Å². The van der Waals surface area contributed by atoms with Crippen LogP contribution in [0.2, 0.25) is 0 Å². The number of hydrogen-bond donors (Lipinski definition) is 1. The summed E-state index contributed by atoms with van der Waals surface area (Å²) < 4.78 is 34.7. The average molecular weight is 361 g/mol. The molecule has 1 aromatic heterocycles. The van der Waals surface area contributed by atoms with Crippen molar-refractivity contribution >= 4 is 10.0 Å². The molecule has 7 heteroatoms. The predicted molar refractivity (Wildman–Crippen MR) is 94.4 cm³/mol. The van der Waals surface area contributed by atoms with E-state index in [9.17, 15) is 8.42 Å². The molecule has 0 amide bonds. The molecule has 0 saturated heterocycles. The van der Waals surface area contributed by atoms with E-state index in [2.05, 4.69) is 10.8 Å². The zero-order chi connectivity index (χ0) is 17.4. The second-order valence-electron chi connectivity index (χ2n) is 6.84. The lowest BCUT2D eigenvalue weighted by molar-refractivity contribution is 0.413. The van der Waals surface area contributed by atoms with Crippen molar-refractivity contribution in [3.05, 3.63) is 41.7 Å². The van der Waals surface area contributed by atoms with Crippen LogP contribution in [0.15, 0.2) is 35.2 Å². The summed E-state index contributed by atoms with van der Waals surface area (Å²) in [6.07, 6.45) is 4.88. The van der Waals surface area contributed by atoms with Crippen LogP contribution in [0.4, 0.5) is 0 Å². The summed E-state index contributed by atoms with van der Waals surface area (Å²) in [4.78, 5) is 0.216. The Bertz CT molecular complexity index is 867. The van der Waals surface area contributed by atoms with E-state index in [4.69, 9.17) is 9.84 Å². The first kappa shape index (κ1) is 16.6. The number of methoxy groups -OCH3 is 1. The van der Waals surface area contributed by atoms with Crippen molar-refractivity contribution < 1.29 is 13.2 Å². The van der Waals surface area contributed by atoms with Crippen molar-refractivity contribution in [1.29, 1.82) is 0 Å². The van der Waals surface area contributed by atoms with Crippen molar-refractivity contribution in [1.82, 2.24) is 14.5 Å². The molecule has 1 heterocycles. The van der Waals surface area contributed by atoms with Crippen LogP contribution in [-0.2, 0) is 16.6 Å². The van der Waals surface area contributed by atoms with Crippen LogP contribution in [0.5, 0.6) is 5.75 Å². The molecule has 0 aliphatic heterocycles. The molecule has 2 aliphatic rings. The summed E-state index contributed by atoms with van der Waals surface area (Å²) >= 11 is 0. The zero-order valence-corrected chi connectivity index (χ0v) is 15.1. The minimum Gasteiger partial charge on any atom is -0.497 e. The third-order valence-corrected chi connectivity index (χ3v) is 6.25. The van der Waals surface area contributed by atoms with Crippen LogP contribution in [-0.4, -0.2) is 31.9 Å². The molecule has 2 saturated carbocycles. The topological polar surface area (TPSA) is 73.2 Å². The van der Waals surface area contributed by atoms with E-state index in [1.165, 1.54) is 50.2 Å². The molecule has 0 atom stereocenters. The fraction of sp³-hybridized carbons (Fsp3) is 0.500. The Morgan fingerprint density at radius 2 is 1.96 bits per heavy atom. The third kappa shape index (κ3) is 3.72. The number of nitrogens with zero attached hydrogens (tertiary/aromatic N) is 2. The fourth-order valence-electron chi connectivity index (χ4n) is 3.06. The highest BCUT2D eigenvalue weighted by molar-refractivity contribution is 7.89. The van der Waals surface area contributed by atoms with Crippen LogP contribution in [0.1, 0.15) is 48.9 Å². The van der Waals surface area contributed by atoms with Gasteiger partial charge in [-0.15, -0.1) is 0 Å². The lowest BCUT2D eigenvalue weighted by Crippen LogP contribution is -2.28.